The molecule has 1 N–H and O–H groups in total. The van der Waals surface area contributed by atoms with Crippen LogP contribution in [0.25, 0.3) is 0 Å². The maximum absolute atomic E-state index is 14.1. The second kappa shape index (κ2) is 6.78. The molecule has 0 aliphatic rings. The number of halogens is 2. The molecule has 1 aromatic carbocycles. The van der Waals surface area contributed by atoms with Crippen LogP contribution in [0.3, 0.4) is 0 Å². The van der Waals surface area contributed by atoms with E-state index in [1.54, 1.807) is 18.5 Å². The van der Waals surface area contributed by atoms with Crippen LogP contribution in [0, 0.1) is 5.82 Å². The average Bonchev–Trinajstić information content (AvgIpc) is 2.42. The van der Waals surface area contributed by atoms with Gasteiger partial charge in [-0.3, -0.25) is 4.98 Å². The van der Waals surface area contributed by atoms with Crippen molar-refractivity contribution in [1.82, 2.24) is 10.3 Å². The van der Waals surface area contributed by atoms with Gasteiger partial charge in [0, 0.05) is 22.4 Å². The van der Waals surface area contributed by atoms with Crippen molar-refractivity contribution >= 4 is 15.9 Å². The van der Waals surface area contributed by atoms with Crippen LogP contribution in [-0.4, -0.2) is 11.5 Å². The molecule has 0 fully saturated rings. The molecule has 0 amide bonds. The largest absolute Gasteiger partial charge is 0.306 e. The zero-order valence-corrected chi connectivity index (χ0v) is 12.3. The first kappa shape index (κ1) is 14.2. The fourth-order valence-corrected chi connectivity index (χ4v) is 2.31. The lowest BCUT2D eigenvalue weighted by Crippen LogP contribution is -2.24. The molecule has 1 aromatic heterocycles. The lowest BCUT2D eigenvalue weighted by atomic mass is 9.99. The van der Waals surface area contributed by atoms with Crippen molar-refractivity contribution in [2.45, 2.75) is 19.4 Å². The van der Waals surface area contributed by atoms with E-state index in [-0.39, 0.29) is 11.9 Å². The molecule has 0 bridgehead atoms. The fraction of sp³-hybridized carbons (Fsp3) is 0.267. The number of aromatic nitrogens is 1. The van der Waals surface area contributed by atoms with Crippen LogP contribution in [0.4, 0.5) is 4.39 Å². The Morgan fingerprint density at radius 2 is 2.21 bits per heavy atom. The van der Waals surface area contributed by atoms with Crippen molar-refractivity contribution in [1.29, 1.82) is 0 Å². The molecule has 2 rings (SSSR count). The van der Waals surface area contributed by atoms with E-state index in [0.29, 0.717) is 5.56 Å². The maximum atomic E-state index is 14.1. The van der Waals surface area contributed by atoms with Gasteiger partial charge >= 0.3 is 0 Å². The van der Waals surface area contributed by atoms with Crippen molar-refractivity contribution in [3.63, 3.8) is 0 Å². The van der Waals surface area contributed by atoms with E-state index in [4.69, 9.17) is 0 Å². The summed E-state index contributed by atoms with van der Waals surface area (Å²) >= 11 is 3.28. The Labute approximate surface area is 121 Å². The summed E-state index contributed by atoms with van der Waals surface area (Å²) in [4.78, 5) is 4.11. The van der Waals surface area contributed by atoms with Crippen molar-refractivity contribution in [2.24, 2.45) is 0 Å². The first-order chi connectivity index (χ1) is 9.22. The normalized spacial score (nSPS) is 12.4. The average molecular weight is 323 g/mol. The molecule has 0 saturated heterocycles. The van der Waals surface area contributed by atoms with Crippen LogP contribution < -0.4 is 5.32 Å². The quantitative estimate of drug-likeness (QED) is 0.897. The number of nitrogens with zero attached hydrogens (tertiary/aromatic N) is 1. The van der Waals surface area contributed by atoms with Crippen molar-refractivity contribution in [3.8, 4) is 0 Å². The predicted molar refractivity (Wildman–Crippen MR) is 78.5 cm³/mol. The minimum atomic E-state index is -0.216. The van der Waals surface area contributed by atoms with Gasteiger partial charge in [0.15, 0.2) is 0 Å². The van der Waals surface area contributed by atoms with E-state index in [1.807, 2.05) is 18.2 Å². The molecule has 1 atom stereocenters. The second-order valence-corrected chi connectivity index (χ2v) is 5.26. The Balaban J connectivity index is 2.37. The highest BCUT2D eigenvalue weighted by Crippen LogP contribution is 2.26. The predicted octanol–water partition coefficient (Wildman–Crippen LogP) is 4.07. The highest BCUT2D eigenvalue weighted by atomic mass is 79.9. The first-order valence-corrected chi connectivity index (χ1v) is 7.10. The molecule has 2 nitrogen and oxygen atoms in total. The van der Waals surface area contributed by atoms with Gasteiger partial charge in [-0.05, 0) is 36.7 Å². The van der Waals surface area contributed by atoms with Crippen LogP contribution >= 0.6 is 15.9 Å². The van der Waals surface area contributed by atoms with Gasteiger partial charge in [-0.25, -0.2) is 4.39 Å². The third kappa shape index (κ3) is 3.61. The summed E-state index contributed by atoms with van der Waals surface area (Å²) < 4.78 is 14.9. The smallest absolute Gasteiger partial charge is 0.129 e. The SMILES string of the molecule is CCCNC(c1cccnc1)c1ccc(Br)cc1F. The summed E-state index contributed by atoms with van der Waals surface area (Å²) in [6, 6.07) is 8.82. The number of pyridine rings is 1. The molecule has 1 unspecified atom stereocenters. The summed E-state index contributed by atoms with van der Waals surface area (Å²) in [5.74, 6) is -0.216. The Morgan fingerprint density at radius 1 is 1.37 bits per heavy atom. The summed E-state index contributed by atoms with van der Waals surface area (Å²) in [6.07, 6.45) is 4.49. The van der Waals surface area contributed by atoms with Crippen molar-refractivity contribution < 1.29 is 4.39 Å². The Bertz CT molecular complexity index is 531. The first-order valence-electron chi connectivity index (χ1n) is 6.30. The van der Waals surface area contributed by atoms with E-state index < -0.39 is 0 Å². The number of nitrogens with one attached hydrogen (secondary N) is 1. The van der Waals surface area contributed by atoms with Gasteiger partial charge in [0.05, 0.1) is 6.04 Å². The summed E-state index contributed by atoms with van der Waals surface area (Å²) in [7, 11) is 0. The van der Waals surface area contributed by atoms with Crippen LogP contribution in [0.15, 0.2) is 47.2 Å². The topological polar surface area (TPSA) is 24.9 Å². The zero-order chi connectivity index (χ0) is 13.7. The lowest BCUT2D eigenvalue weighted by Gasteiger charge is -2.20. The minimum absolute atomic E-state index is 0.165. The summed E-state index contributed by atoms with van der Waals surface area (Å²) in [5.41, 5.74) is 1.61. The zero-order valence-electron chi connectivity index (χ0n) is 10.7. The molecule has 2 aromatic rings. The van der Waals surface area contributed by atoms with Gasteiger partial charge < -0.3 is 5.32 Å². The molecular weight excluding hydrogens is 307 g/mol. The molecule has 0 aliphatic heterocycles. The Kier molecular flexibility index (Phi) is 5.05. The highest BCUT2D eigenvalue weighted by Gasteiger charge is 2.17. The van der Waals surface area contributed by atoms with Crippen molar-refractivity contribution in [2.75, 3.05) is 6.54 Å². The van der Waals surface area contributed by atoms with E-state index in [0.717, 1.165) is 23.0 Å². The van der Waals surface area contributed by atoms with Gasteiger partial charge in [-0.2, -0.15) is 0 Å². The molecule has 19 heavy (non-hydrogen) atoms. The standard InChI is InChI=1S/C15H16BrFN2/c1-2-7-19-15(11-4-3-8-18-10-11)13-6-5-12(16)9-14(13)17/h3-6,8-10,15,19H,2,7H2,1H3. The number of hydrogen-bond acceptors (Lipinski definition) is 2. The molecule has 100 valence electrons. The third-order valence-corrected chi connectivity index (χ3v) is 3.38. The number of rotatable bonds is 5. The van der Waals surface area contributed by atoms with Gasteiger partial charge in [0.2, 0.25) is 0 Å². The van der Waals surface area contributed by atoms with Gasteiger partial charge in [0.25, 0.3) is 0 Å². The second-order valence-electron chi connectivity index (χ2n) is 4.34. The Hall–Kier alpha value is -1.26. The summed E-state index contributed by atoms with van der Waals surface area (Å²) in [6.45, 7) is 2.92. The van der Waals surface area contributed by atoms with Crippen LogP contribution in [0.5, 0.6) is 0 Å². The van der Waals surface area contributed by atoms with Crippen LogP contribution in [0.1, 0.15) is 30.5 Å². The number of benzene rings is 1. The van der Waals surface area contributed by atoms with Gasteiger partial charge in [-0.1, -0.05) is 35.0 Å². The molecular formula is C15H16BrFN2. The van der Waals surface area contributed by atoms with E-state index in [2.05, 4.69) is 33.2 Å². The minimum Gasteiger partial charge on any atom is -0.306 e. The maximum Gasteiger partial charge on any atom is 0.129 e. The monoisotopic (exact) mass is 322 g/mol. The molecule has 0 saturated carbocycles. The van der Waals surface area contributed by atoms with E-state index in [9.17, 15) is 4.39 Å². The molecule has 0 radical (unpaired) electrons. The van der Waals surface area contributed by atoms with Crippen molar-refractivity contribution in [3.05, 3.63) is 64.1 Å². The molecule has 4 heteroatoms. The molecule has 1 heterocycles. The number of hydrogen-bond donors (Lipinski definition) is 1. The van der Waals surface area contributed by atoms with Gasteiger partial charge in [-0.15, -0.1) is 0 Å². The summed E-state index contributed by atoms with van der Waals surface area (Å²) in [5, 5.41) is 3.37. The fourth-order valence-electron chi connectivity index (χ4n) is 1.98. The van der Waals surface area contributed by atoms with E-state index in [1.165, 1.54) is 6.07 Å². The van der Waals surface area contributed by atoms with Crippen LogP contribution in [-0.2, 0) is 0 Å². The molecule has 0 aliphatic carbocycles. The lowest BCUT2D eigenvalue weighted by molar-refractivity contribution is 0.545. The Morgan fingerprint density at radius 3 is 2.84 bits per heavy atom. The van der Waals surface area contributed by atoms with Gasteiger partial charge in [0.1, 0.15) is 5.82 Å². The highest BCUT2D eigenvalue weighted by molar-refractivity contribution is 9.10. The van der Waals surface area contributed by atoms with E-state index >= 15 is 0 Å². The third-order valence-electron chi connectivity index (χ3n) is 2.89. The van der Waals surface area contributed by atoms with Crippen LogP contribution in [0.2, 0.25) is 0 Å². The molecule has 0 spiro atoms.